The molecule has 1 heterocycles. The van der Waals surface area contributed by atoms with Crippen molar-refractivity contribution < 1.29 is 29.9 Å². The Bertz CT molecular complexity index is 841. The third-order valence-electron chi connectivity index (χ3n) is 5.72. The highest BCUT2D eigenvalue weighted by atomic mass is 35.5. The molecule has 170 valence electrons. The second kappa shape index (κ2) is 11.4. The van der Waals surface area contributed by atoms with Crippen molar-refractivity contribution in [3.8, 4) is 0 Å². The number of hydrogen-bond acceptors (Lipinski definition) is 6. The van der Waals surface area contributed by atoms with Gasteiger partial charge in [0.25, 0.3) is 0 Å². The second-order valence-electron chi connectivity index (χ2n) is 7.90. The molecular weight excluding hydrogens is 420 g/mol. The summed E-state index contributed by atoms with van der Waals surface area (Å²) in [6, 6.07) is 12.2. The van der Waals surface area contributed by atoms with Crippen LogP contribution in [0.3, 0.4) is 0 Å². The molecule has 31 heavy (non-hydrogen) atoms. The molecule has 4 N–H and O–H groups in total. The molecule has 0 bridgehead atoms. The van der Waals surface area contributed by atoms with Gasteiger partial charge >= 0.3 is 0 Å². The summed E-state index contributed by atoms with van der Waals surface area (Å²) in [6.07, 6.45) is -1.75. The summed E-state index contributed by atoms with van der Waals surface area (Å²) < 4.78 is 11.4. The van der Waals surface area contributed by atoms with Gasteiger partial charge in [-0.05, 0) is 46.7 Å². The molecule has 7 heteroatoms. The molecule has 1 aliphatic rings. The summed E-state index contributed by atoms with van der Waals surface area (Å²) in [7, 11) is 0. The first-order chi connectivity index (χ1) is 15.0. The van der Waals surface area contributed by atoms with Gasteiger partial charge in [-0.25, -0.2) is 0 Å². The minimum absolute atomic E-state index is 0.0909. The molecule has 0 amide bonds. The first-order valence-corrected chi connectivity index (χ1v) is 11.0. The number of halogens is 1. The Hall–Kier alpha value is -1.51. The van der Waals surface area contributed by atoms with Crippen molar-refractivity contribution >= 4 is 11.6 Å². The Labute approximate surface area is 188 Å². The highest BCUT2D eigenvalue weighted by Gasteiger charge is 2.37. The Morgan fingerprint density at radius 3 is 2.42 bits per heavy atom. The minimum atomic E-state index is -1.14. The van der Waals surface area contributed by atoms with E-state index in [9.17, 15) is 15.3 Å². The minimum Gasteiger partial charge on any atom is -0.394 e. The van der Waals surface area contributed by atoms with E-state index in [1.165, 1.54) is 5.56 Å². The summed E-state index contributed by atoms with van der Waals surface area (Å²) in [5.74, 6) is 0. The molecule has 1 fully saturated rings. The molecular formula is C24H31ClO6. The molecule has 3 rings (SSSR count). The zero-order valence-electron chi connectivity index (χ0n) is 17.7. The van der Waals surface area contributed by atoms with Gasteiger partial charge in [-0.1, -0.05) is 48.9 Å². The number of aryl methyl sites for hydroxylation is 1. The van der Waals surface area contributed by atoms with E-state index in [0.717, 1.165) is 28.7 Å². The SMILES string of the molecule is CCc1ccc(Cc2cc([C@H]3C[C@@H](O)[C@H](O)[C@@H](CO)O3)c(COCCO)cc2Cl)cc1. The molecule has 0 aromatic heterocycles. The van der Waals surface area contributed by atoms with Crippen LogP contribution in [-0.4, -0.2) is 58.6 Å². The fourth-order valence-electron chi connectivity index (χ4n) is 3.90. The first-order valence-electron chi connectivity index (χ1n) is 10.7. The molecule has 0 saturated carbocycles. The predicted molar refractivity (Wildman–Crippen MR) is 118 cm³/mol. The maximum Gasteiger partial charge on any atom is 0.110 e. The number of benzene rings is 2. The number of ether oxygens (including phenoxy) is 2. The molecule has 0 unspecified atom stereocenters. The Morgan fingerprint density at radius 1 is 1.06 bits per heavy atom. The largest absolute Gasteiger partial charge is 0.394 e. The van der Waals surface area contributed by atoms with Gasteiger partial charge in [0.2, 0.25) is 0 Å². The molecule has 2 aromatic rings. The molecule has 0 radical (unpaired) electrons. The summed E-state index contributed by atoms with van der Waals surface area (Å²) in [6.45, 7) is 2.05. The van der Waals surface area contributed by atoms with Gasteiger partial charge in [-0.2, -0.15) is 0 Å². The first kappa shape index (κ1) is 24.1. The van der Waals surface area contributed by atoms with Crippen molar-refractivity contribution in [3.05, 3.63) is 69.2 Å². The van der Waals surface area contributed by atoms with Gasteiger partial charge in [0.1, 0.15) is 12.2 Å². The average molecular weight is 451 g/mol. The zero-order chi connectivity index (χ0) is 22.4. The smallest absolute Gasteiger partial charge is 0.110 e. The topological polar surface area (TPSA) is 99.4 Å². The quantitative estimate of drug-likeness (QED) is 0.438. The van der Waals surface area contributed by atoms with Crippen molar-refractivity contribution in [2.45, 2.75) is 57.2 Å². The standard InChI is InChI=1S/C24H31ClO6/c1-2-15-3-5-16(6-4-15)9-17-10-19(18(11-20(17)25)14-30-8-7-26)22-12-21(28)24(29)23(13-27)31-22/h3-6,10-11,21-24,26-29H,2,7-9,12-14H2,1H3/t21-,22-,23-,24+/m1/s1. The van der Waals surface area contributed by atoms with Crippen LogP contribution in [0.5, 0.6) is 0 Å². The molecule has 1 saturated heterocycles. The molecule has 0 aliphatic carbocycles. The van der Waals surface area contributed by atoms with Crippen molar-refractivity contribution in [2.24, 2.45) is 0 Å². The lowest BCUT2D eigenvalue weighted by molar-refractivity contribution is -0.181. The Kier molecular flexibility index (Phi) is 8.86. The van der Waals surface area contributed by atoms with E-state index in [1.54, 1.807) is 0 Å². The number of aliphatic hydroxyl groups excluding tert-OH is 4. The van der Waals surface area contributed by atoms with E-state index >= 15 is 0 Å². The van der Waals surface area contributed by atoms with Gasteiger partial charge in [-0.15, -0.1) is 0 Å². The highest BCUT2D eigenvalue weighted by molar-refractivity contribution is 6.31. The lowest BCUT2D eigenvalue weighted by atomic mass is 9.89. The number of hydrogen-bond donors (Lipinski definition) is 4. The highest BCUT2D eigenvalue weighted by Crippen LogP contribution is 2.36. The van der Waals surface area contributed by atoms with Crippen LogP contribution in [0, 0.1) is 0 Å². The van der Waals surface area contributed by atoms with E-state index < -0.39 is 31.0 Å². The second-order valence-corrected chi connectivity index (χ2v) is 8.31. The van der Waals surface area contributed by atoms with Crippen molar-refractivity contribution in [3.63, 3.8) is 0 Å². The van der Waals surface area contributed by atoms with Crippen LogP contribution < -0.4 is 0 Å². The average Bonchev–Trinajstić information content (AvgIpc) is 2.78. The van der Waals surface area contributed by atoms with E-state index in [0.29, 0.717) is 11.4 Å². The normalized spacial score (nSPS) is 23.8. The van der Waals surface area contributed by atoms with E-state index in [4.69, 9.17) is 26.2 Å². The van der Waals surface area contributed by atoms with Crippen LogP contribution in [0.15, 0.2) is 36.4 Å². The summed E-state index contributed by atoms with van der Waals surface area (Å²) in [5.41, 5.74) is 4.89. The molecule has 6 nitrogen and oxygen atoms in total. The number of rotatable bonds is 9. The molecule has 1 aliphatic heterocycles. The van der Waals surface area contributed by atoms with Gasteiger partial charge in [0.05, 0.1) is 38.6 Å². The van der Waals surface area contributed by atoms with Gasteiger partial charge in [0, 0.05) is 11.4 Å². The monoisotopic (exact) mass is 450 g/mol. The van der Waals surface area contributed by atoms with Gasteiger partial charge in [-0.3, -0.25) is 0 Å². The third kappa shape index (κ3) is 6.05. The predicted octanol–water partition coefficient (Wildman–Crippen LogP) is 2.55. The maximum absolute atomic E-state index is 10.3. The van der Waals surface area contributed by atoms with E-state index in [1.807, 2.05) is 12.1 Å². The maximum atomic E-state index is 10.3. The summed E-state index contributed by atoms with van der Waals surface area (Å²) >= 11 is 6.59. The van der Waals surface area contributed by atoms with Crippen LogP contribution in [0.1, 0.15) is 47.3 Å². The van der Waals surface area contributed by atoms with Crippen LogP contribution >= 0.6 is 11.6 Å². The Morgan fingerprint density at radius 2 is 1.77 bits per heavy atom. The lowest BCUT2D eigenvalue weighted by Gasteiger charge is -2.37. The van der Waals surface area contributed by atoms with Gasteiger partial charge in [0.15, 0.2) is 0 Å². The number of aliphatic hydroxyl groups is 4. The summed E-state index contributed by atoms with van der Waals surface area (Å²) in [4.78, 5) is 0. The van der Waals surface area contributed by atoms with E-state index in [-0.39, 0.29) is 26.2 Å². The van der Waals surface area contributed by atoms with Crippen LogP contribution in [-0.2, 0) is 28.9 Å². The van der Waals surface area contributed by atoms with E-state index in [2.05, 4.69) is 31.2 Å². The third-order valence-corrected chi connectivity index (χ3v) is 6.08. The van der Waals surface area contributed by atoms with Crippen LogP contribution in [0.25, 0.3) is 0 Å². The zero-order valence-corrected chi connectivity index (χ0v) is 18.5. The molecule has 0 spiro atoms. The van der Waals surface area contributed by atoms with Crippen molar-refractivity contribution in [2.75, 3.05) is 19.8 Å². The summed E-state index contributed by atoms with van der Waals surface area (Å²) in [5, 5.41) is 39.5. The molecule has 2 aromatic carbocycles. The van der Waals surface area contributed by atoms with Crippen LogP contribution in [0.2, 0.25) is 5.02 Å². The van der Waals surface area contributed by atoms with Crippen molar-refractivity contribution in [1.29, 1.82) is 0 Å². The van der Waals surface area contributed by atoms with Crippen molar-refractivity contribution in [1.82, 2.24) is 0 Å². The fraction of sp³-hybridized carbons (Fsp3) is 0.500. The van der Waals surface area contributed by atoms with Gasteiger partial charge < -0.3 is 29.9 Å². The lowest BCUT2D eigenvalue weighted by Crippen LogP contribution is -2.47. The molecule has 4 atom stereocenters. The Balaban J connectivity index is 1.92. The fourth-order valence-corrected chi connectivity index (χ4v) is 4.16. The van der Waals surface area contributed by atoms with Crippen LogP contribution in [0.4, 0.5) is 0 Å².